The summed E-state index contributed by atoms with van der Waals surface area (Å²) in [6.07, 6.45) is 0. The quantitative estimate of drug-likeness (QED) is 0.152. The molecule has 1 heterocycles. The highest BCUT2D eigenvalue weighted by atomic mass is 15.1. The van der Waals surface area contributed by atoms with Crippen molar-refractivity contribution in [2.24, 2.45) is 0 Å². The fourth-order valence-electron chi connectivity index (χ4n) is 8.05. The van der Waals surface area contributed by atoms with Crippen LogP contribution >= 0.6 is 0 Å². The second-order valence-electron chi connectivity index (χ2n) is 14.2. The average Bonchev–Trinajstić information content (AvgIpc) is 3.62. The highest BCUT2D eigenvalue weighted by Crippen LogP contribution is 2.40. The van der Waals surface area contributed by atoms with Crippen molar-refractivity contribution in [1.29, 1.82) is 0 Å². The summed E-state index contributed by atoms with van der Waals surface area (Å²) >= 11 is 0. The lowest BCUT2D eigenvalue weighted by Gasteiger charge is -2.26. The van der Waals surface area contributed by atoms with Gasteiger partial charge in [-0.05, 0) is 93.5 Å². The molecule has 0 unspecified atom stereocenters. The zero-order valence-electron chi connectivity index (χ0n) is 30.8. The minimum absolute atomic E-state index is 1.09. The van der Waals surface area contributed by atoms with Crippen molar-refractivity contribution in [2.75, 3.05) is 4.90 Å². The Morgan fingerprint density at radius 1 is 0.250 bits per heavy atom. The molecule has 0 aliphatic heterocycles. The summed E-state index contributed by atoms with van der Waals surface area (Å²) in [4.78, 5) is 2.35. The molecule has 1 aromatic heterocycles. The van der Waals surface area contributed by atoms with Crippen LogP contribution in [0.1, 0.15) is 0 Å². The third-order valence-corrected chi connectivity index (χ3v) is 10.8. The zero-order valence-corrected chi connectivity index (χ0v) is 30.8. The first-order valence-electron chi connectivity index (χ1n) is 19.2. The Morgan fingerprint density at radius 3 is 1.02 bits per heavy atom. The number of hydrogen-bond acceptors (Lipinski definition) is 1. The van der Waals surface area contributed by atoms with E-state index in [1.165, 1.54) is 72.0 Å². The molecule has 2 nitrogen and oxygen atoms in total. The molecule has 0 bridgehead atoms. The number of fused-ring (bicyclic) bond motifs is 3. The van der Waals surface area contributed by atoms with E-state index in [1.54, 1.807) is 0 Å². The third-order valence-electron chi connectivity index (χ3n) is 10.8. The number of nitrogens with zero attached hydrogens (tertiary/aromatic N) is 2. The van der Waals surface area contributed by atoms with E-state index in [-0.39, 0.29) is 0 Å². The van der Waals surface area contributed by atoms with Crippen LogP contribution in [-0.4, -0.2) is 4.57 Å². The van der Waals surface area contributed by atoms with Gasteiger partial charge in [0.05, 0.1) is 16.7 Å². The standard InChI is InChI=1S/C54H38N2/c1-3-13-39(14-4-1)41-23-25-42(26-24-41)44-29-35-47(36-30-44)55(46-33-27-43(28-34-46)40-15-5-2-6-16-40)48-37-31-45(32-38-48)49-17-7-10-20-52(49)56-53-21-11-8-18-50(53)51-19-9-12-22-54(51)56/h1-38H. The van der Waals surface area contributed by atoms with Crippen molar-refractivity contribution in [3.8, 4) is 50.2 Å². The molecular weight excluding hydrogens is 677 g/mol. The van der Waals surface area contributed by atoms with Crippen molar-refractivity contribution in [1.82, 2.24) is 4.57 Å². The van der Waals surface area contributed by atoms with Crippen LogP contribution in [0.4, 0.5) is 17.1 Å². The van der Waals surface area contributed by atoms with Gasteiger partial charge in [-0.15, -0.1) is 0 Å². The number of aromatic nitrogens is 1. The van der Waals surface area contributed by atoms with Gasteiger partial charge >= 0.3 is 0 Å². The molecule has 0 N–H and O–H groups in total. The number of para-hydroxylation sites is 3. The topological polar surface area (TPSA) is 8.17 Å². The van der Waals surface area contributed by atoms with Crippen LogP contribution in [0.15, 0.2) is 231 Å². The molecule has 0 saturated carbocycles. The Labute approximate surface area is 327 Å². The smallest absolute Gasteiger partial charge is 0.0541 e. The molecule has 9 aromatic carbocycles. The minimum atomic E-state index is 1.09. The summed E-state index contributed by atoms with van der Waals surface area (Å²) in [5.41, 5.74) is 16.5. The van der Waals surface area contributed by atoms with E-state index in [9.17, 15) is 0 Å². The fraction of sp³-hybridized carbons (Fsp3) is 0. The van der Waals surface area contributed by atoms with Crippen molar-refractivity contribution in [3.05, 3.63) is 231 Å². The van der Waals surface area contributed by atoms with E-state index >= 15 is 0 Å². The maximum absolute atomic E-state index is 2.41. The van der Waals surface area contributed by atoms with E-state index in [4.69, 9.17) is 0 Å². The maximum atomic E-state index is 2.41. The average molecular weight is 715 g/mol. The van der Waals surface area contributed by atoms with Gasteiger partial charge in [-0.25, -0.2) is 0 Å². The van der Waals surface area contributed by atoms with Crippen molar-refractivity contribution >= 4 is 38.9 Å². The first kappa shape index (κ1) is 33.2. The largest absolute Gasteiger partial charge is 0.311 e. The van der Waals surface area contributed by atoms with Crippen molar-refractivity contribution in [3.63, 3.8) is 0 Å². The third kappa shape index (κ3) is 6.14. The molecule has 0 amide bonds. The number of rotatable bonds is 8. The molecular formula is C54H38N2. The van der Waals surface area contributed by atoms with E-state index in [2.05, 4.69) is 240 Å². The Kier molecular flexibility index (Phi) is 8.55. The van der Waals surface area contributed by atoms with Crippen LogP contribution in [0.2, 0.25) is 0 Å². The van der Waals surface area contributed by atoms with Gasteiger partial charge in [0.2, 0.25) is 0 Å². The highest BCUT2D eigenvalue weighted by molar-refractivity contribution is 6.09. The second-order valence-corrected chi connectivity index (χ2v) is 14.2. The summed E-state index contributed by atoms with van der Waals surface area (Å²) in [6, 6.07) is 82.9. The Bertz CT molecular complexity index is 2850. The van der Waals surface area contributed by atoms with Gasteiger partial charge in [0.15, 0.2) is 0 Å². The highest BCUT2D eigenvalue weighted by Gasteiger charge is 2.17. The fourth-order valence-corrected chi connectivity index (χ4v) is 8.05. The molecule has 0 aliphatic carbocycles. The minimum Gasteiger partial charge on any atom is -0.311 e. The number of anilines is 3. The molecule has 0 fully saturated rings. The lowest BCUT2D eigenvalue weighted by molar-refractivity contribution is 1.18. The lowest BCUT2D eigenvalue weighted by atomic mass is 10.00. The Morgan fingerprint density at radius 2 is 0.571 bits per heavy atom. The molecule has 2 heteroatoms. The van der Waals surface area contributed by atoms with E-state index in [0.717, 1.165) is 17.1 Å². The molecule has 56 heavy (non-hydrogen) atoms. The molecule has 0 radical (unpaired) electrons. The number of hydrogen-bond donors (Lipinski definition) is 0. The predicted molar refractivity (Wildman–Crippen MR) is 237 cm³/mol. The SMILES string of the molecule is c1ccc(-c2ccc(-c3ccc(N(c4ccc(-c5ccccc5)cc4)c4ccc(-c5ccccc5-n5c6ccccc6c6ccccc65)cc4)cc3)cc2)cc1. The first-order valence-corrected chi connectivity index (χ1v) is 19.2. The van der Waals surface area contributed by atoms with E-state index < -0.39 is 0 Å². The molecule has 0 spiro atoms. The number of benzene rings is 9. The second kappa shape index (κ2) is 14.4. The van der Waals surface area contributed by atoms with Gasteiger partial charge < -0.3 is 9.47 Å². The Hall–Kier alpha value is -7.42. The van der Waals surface area contributed by atoms with Crippen LogP contribution < -0.4 is 4.90 Å². The summed E-state index contributed by atoms with van der Waals surface area (Å²) in [7, 11) is 0. The maximum Gasteiger partial charge on any atom is 0.0541 e. The zero-order chi connectivity index (χ0) is 37.3. The van der Waals surface area contributed by atoms with Gasteiger partial charge in [-0.2, -0.15) is 0 Å². The summed E-state index contributed by atoms with van der Waals surface area (Å²) in [6.45, 7) is 0. The van der Waals surface area contributed by atoms with Crippen LogP contribution in [0.25, 0.3) is 72.0 Å². The van der Waals surface area contributed by atoms with E-state index in [0.29, 0.717) is 0 Å². The van der Waals surface area contributed by atoms with E-state index in [1.807, 2.05) is 0 Å². The molecule has 10 aromatic rings. The first-order chi connectivity index (χ1) is 27.8. The van der Waals surface area contributed by atoms with Gasteiger partial charge in [0, 0.05) is 33.4 Å². The molecule has 10 rings (SSSR count). The van der Waals surface area contributed by atoms with Crippen molar-refractivity contribution in [2.45, 2.75) is 0 Å². The monoisotopic (exact) mass is 714 g/mol. The van der Waals surface area contributed by atoms with Gasteiger partial charge in [-0.3, -0.25) is 0 Å². The normalized spacial score (nSPS) is 11.2. The summed E-state index contributed by atoms with van der Waals surface area (Å²) < 4.78 is 2.41. The van der Waals surface area contributed by atoms with Crippen LogP contribution in [0.3, 0.4) is 0 Å². The molecule has 0 atom stereocenters. The van der Waals surface area contributed by atoms with Crippen molar-refractivity contribution < 1.29 is 0 Å². The van der Waals surface area contributed by atoms with Gasteiger partial charge in [0.1, 0.15) is 0 Å². The van der Waals surface area contributed by atoms with Crippen LogP contribution in [0, 0.1) is 0 Å². The Balaban J connectivity index is 1.02. The summed E-state index contributed by atoms with van der Waals surface area (Å²) in [5.74, 6) is 0. The molecule has 0 saturated heterocycles. The predicted octanol–water partition coefficient (Wildman–Crippen LogP) is 14.9. The van der Waals surface area contributed by atoms with Crippen LogP contribution in [0.5, 0.6) is 0 Å². The summed E-state index contributed by atoms with van der Waals surface area (Å²) in [5, 5.41) is 2.52. The molecule has 0 aliphatic rings. The van der Waals surface area contributed by atoms with Gasteiger partial charge in [-0.1, -0.05) is 176 Å². The van der Waals surface area contributed by atoms with Gasteiger partial charge in [0.25, 0.3) is 0 Å². The molecule has 264 valence electrons. The lowest BCUT2D eigenvalue weighted by Crippen LogP contribution is -2.09. The van der Waals surface area contributed by atoms with Crippen LogP contribution in [-0.2, 0) is 0 Å².